The zero-order chi connectivity index (χ0) is 14.6. The smallest absolute Gasteiger partial charge is 0.234 e. The van der Waals surface area contributed by atoms with Gasteiger partial charge in [0.15, 0.2) is 0 Å². The van der Waals surface area contributed by atoms with Crippen molar-refractivity contribution in [3.8, 4) is 11.5 Å². The predicted octanol–water partition coefficient (Wildman–Crippen LogP) is 1.66. The summed E-state index contributed by atoms with van der Waals surface area (Å²) < 4.78 is 0. The summed E-state index contributed by atoms with van der Waals surface area (Å²) in [5, 5.41) is 25.2. The molecule has 0 aliphatic heterocycles. The Hall–Kier alpha value is -1.75. The summed E-state index contributed by atoms with van der Waals surface area (Å²) in [6.45, 7) is 7.61. The molecule has 0 spiro atoms. The quantitative estimate of drug-likeness (QED) is 0.668. The lowest BCUT2D eigenvalue weighted by molar-refractivity contribution is -0.121. The molecule has 0 aromatic heterocycles. The third kappa shape index (κ3) is 4.79. The number of carbonyl (C=O) groups is 1. The van der Waals surface area contributed by atoms with E-state index < -0.39 is 0 Å². The summed E-state index contributed by atoms with van der Waals surface area (Å²) in [4.78, 5) is 11.7. The van der Waals surface area contributed by atoms with Crippen molar-refractivity contribution in [1.82, 2.24) is 10.6 Å². The maximum absolute atomic E-state index is 11.7. The van der Waals surface area contributed by atoms with E-state index in [1.807, 2.05) is 20.8 Å². The van der Waals surface area contributed by atoms with Crippen molar-refractivity contribution in [2.75, 3.05) is 6.54 Å². The van der Waals surface area contributed by atoms with Gasteiger partial charge in [-0.05, 0) is 39.8 Å². The number of hydrogen-bond acceptors (Lipinski definition) is 4. The van der Waals surface area contributed by atoms with Crippen LogP contribution >= 0.6 is 0 Å². The molecule has 1 aromatic carbocycles. The highest BCUT2D eigenvalue weighted by Gasteiger charge is 2.17. The van der Waals surface area contributed by atoms with E-state index in [1.54, 1.807) is 13.0 Å². The normalized spacial score (nSPS) is 13.1. The zero-order valence-corrected chi connectivity index (χ0v) is 11.8. The molecule has 5 heteroatoms. The van der Waals surface area contributed by atoms with E-state index in [9.17, 15) is 15.0 Å². The molecule has 1 amide bonds. The van der Waals surface area contributed by atoms with Crippen LogP contribution in [0.25, 0.3) is 0 Å². The van der Waals surface area contributed by atoms with E-state index in [-0.39, 0.29) is 35.5 Å². The van der Waals surface area contributed by atoms with E-state index in [2.05, 4.69) is 10.6 Å². The van der Waals surface area contributed by atoms with Crippen LogP contribution in [0.15, 0.2) is 18.2 Å². The second kappa shape index (κ2) is 5.93. The SMILES string of the molecule is CC(NCC(=O)NC(C)(C)C)c1c(O)cccc1O. The molecule has 4 N–H and O–H groups in total. The van der Waals surface area contributed by atoms with Gasteiger partial charge in [-0.15, -0.1) is 0 Å². The van der Waals surface area contributed by atoms with Crippen LogP contribution in [-0.4, -0.2) is 28.2 Å². The fourth-order valence-corrected chi connectivity index (χ4v) is 1.80. The number of rotatable bonds is 4. The lowest BCUT2D eigenvalue weighted by Crippen LogP contribution is -2.45. The third-order valence-corrected chi connectivity index (χ3v) is 2.58. The van der Waals surface area contributed by atoms with Crippen LogP contribution in [0.2, 0.25) is 0 Å². The molecule has 0 heterocycles. The number of nitrogens with one attached hydrogen (secondary N) is 2. The minimum absolute atomic E-state index is 0.0104. The van der Waals surface area contributed by atoms with Crippen LogP contribution in [-0.2, 0) is 4.79 Å². The van der Waals surface area contributed by atoms with Crippen molar-refractivity contribution < 1.29 is 15.0 Å². The number of hydrogen-bond donors (Lipinski definition) is 4. The Balaban J connectivity index is 2.61. The molecule has 1 rings (SSSR count). The second-order valence-electron chi connectivity index (χ2n) is 5.61. The van der Waals surface area contributed by atoms with Gasteiger partial charge in [0.05, 0.1) is 12.1 Å². The van der Waals surface area contributed by atoms with Gasteiger partial charge >= 0.3 is 0 Å². The molecule has 1 aromatic rings. The standard InChI is InChI=1S/C14H22N2O3/c1-9(13-10(17)6-5-7-11(13)18)15-8-12(19)16-14(2,3)4/h5-7,9,15,17-18H,8H2,1-4H3,(H,16,19). The lowest BCUT2D eigenvalue weighted by atomic mass is 10.1. The summed E-state index contributed by atoms with van der Waals surface area (Å²) in [6.07, 6.45) is 0. The Bertz CT molecular complexity index is 432. The van der Waals surface area contributed by atoms with Crippen molar-refractivity contribution in [3.63, 3.8) is 0 Å². The molecule has 0 bridgehead atoms. The first kappa shape index (κ1) is 15.3. The Kier molecular flexibility index (Phi) is 4.78. The number of benzene rings is 1. The monoisotopic (exact) mass is 266 g/mol. The van der Waals surface area contributed by atoms with Gasteiger partial charge in [0, 0.05) is 11.6 Å². The van der Waals surface area contributed by atoms with E-state index in [4.69, 9.17) is 0 Å². The highest BCUT2D eigenvalue weighted by molar-refractivity contribution is 5.78. The molecular weight excluding hydrogens is 244 g/mol. The van der Waals surface area contributed by atoms with Crippen LogP contribution < -0.4 is 10.6 Å². The van der Waals surface area contributed by atoms with Crippen LogP contribution in [0.5, 0.6) is 11.5 Å². The molecule has 0 saturated heterocycles. The minimum Gasteiger partial charge on any atom is -0.507 e. The highest BCUT2D eigenvalue weighted by Crippen LogP contribution is 2.31. The molecule has 5 nitrogen and oxygen atoms in total. The van der Waals surface area contributed by atoms with Gasteiger partial charge in [-0.3, -0.25) is 4.79 Å². The van der Waals surface area contributed by atoms with E-state index >= 15 is 0 Å². The van der Waals surface area contributed by atoms with Crippen LogP contribution in [0.3, 0.4) is 0 Å². The number of carbonyl (C=O) groups excluding carboxylic acids is 1. The maximum atomic E-state index is 11.7. The molecule has 19 heavy (non-hydrogen) atoms. The average molecular weight is 266 g/mol. The summed E-state index contributed by atoms with van der Waals surface area (Å²) in [7, 11) is 0. The number of amides is 1. The van der Waals surface area contributed by atoms with Crippen molar-refractivity contribution in [2.24, 2.45) is 0 Å². The van der Waals surface area contributed by atoms with Crippen molar-refractivity contribution in [3.05, 3.63) is 23.8 Å². The molecule has 0 saturated carbocycles. The van der Waals surface area contributed by atoms with Gasteiger partial charge in [-0.25, -0.2) is 0 Å². The lowest BCUT2D eigenvalue weighted by Gasteiger charge is -2.22. The van der Waals surface area contributed by atoms with Gasteiger partial charge in [-0.1, -0.05) is 6.07 Å². The second-order valence-corrected chi connectivity index (χ2v) is 5.61. The summed E-state index contributed by atoms with van der Waals surface area (Å²) in [5.41, 5.74) is 0.116. The first-order chi connectivity index (χ1) is 8.70. The van der Waals surface area contributed by atoms with Gasteiger partial charge in [0.2, 0.25) is 5.91 Å². The fraction of sp³-hybridized carbons (Fsp3) is 0.500. The molecule has 0 fully saturated rings. The molecule has 1 unspecified atom stereocenters. The molecule has 106 valence electrons. The first-order valence-corrected chi connectivity index (χ1v) is 6.26. The fourth-order valence-electron chi connectivity index (χ4n) is 1.80. The van der Waals surface area contributed by atoms with Gasteiger partial charge in [-0.2, -0.15) is 0 Å². The first-order valence-electron chi connectivity index (χ1n) is 6.26. The molecule has 1 atom stereocenters. The van der Waals surface area contributed by atoms with Crippen LogP contribution in [0.1, 0.15) is 39.3 Å². The zero-order valence-electron chi connectivity index (χ0n) is 11.8. The van der Waals surface area contributed by atoms with Crippen molar-refractivity contribution >= 4 is 5.91 Å². The Morgan fingerprint density at radius 2 is 1.79 bits per heavy atom. The average Bonchev–Trinajstić information content (AvgIpc) is 2.23. The molecule has 0 radical (unpaired) electrons. The van der Waals surface area contributed by atoms with Crippen molar-refractivity contribution in [2.45, 2.75) is 39.3 Å². The molecule has 0 aliphatic carbocycles. The Labute approximate surface area is 113 Å². The number of phenols is 2. The summed E-state index contributed by atoms with van der Waals surface area (Å²) >= 11 is 0. The van der Waals surface area contributed by atoms with Crippen molar-refractivity contribution in [1.29, 1.82) is 0 Å². The van der Waals surface area contributed by atoms with Gasteiger partial charge < -0.3 is 20.8 Å². The van der Waals surface area contributed by atoms with Crippen LogP contribution in [0, 0.1) is 0 Å². The van der Waals surface area contributed by atoms with Gasteiger partial charge in [0.1, 0.15) is 11.5 Å². The molecular formula is C14H22N2O3. The predicted molar refractivity (Wildman–Crippen MR) is 74.1 cm³/mol. The van der Waals surface area contributed by atoms with Crippen LogP contribution in [0.4, 0.5) is 0 Å². The minimum atomic E-state index is -0.327. The van der Waals surface area contributed by atoms with E-state index in [1.165, 1.54) is 12.1 Å². The Morgan fingerprint density at radius 3 is 2.26 bits per heavy atom. The topological polar surface area (TPSA) is 81.6 Å². The van der Waals surface area contributed by atoms with E-state index in [0.717, 1.165) is 0 Å². The number of aromatic hydroxyl groups is 2. The van der Waals surface area contributed by atoms with E-state index in [0.29, 0.717) is 5.56 Å². The largest absolute Gasteiger partial charge is 0.507 e. The summed E-state index contributed by atoms with van der Waals surface area (Å²) in [6, 6.07) is 4.24. The maximum Gasteiger partial charge on any atom is 0.234 e. The molecule has 0 aliphatic rings. The third-order valence-electron chi connectivity index (χ3n) is 2.58. The number of phenolic OH excluding ortho intramolecular Hbond substituents is 2. The summed E-state index contributed by atoms with van der Waals surface area (Å²) in [5.74, 6) is -0.110. The highest BCUT2D eigenvalue weighted by atomic mass is 16.3. The van der Waals surface area contributed by atoms with Gasteiger partial charge in [0.25, 0.3) is 0 Å². The Morgan fingerprint density at radius 1 is 1.26 bits per heavy atom.